The summed E-state index contributed by atoms with van der Waals surface area (Å²) in [5.74, 6) is -1.39. The van der Waals surface area contributed by atoms with Gasteiger partial charge in [0.15, 0.2) is 6.61 Å². The van der Waals surface area contributed by atoms with Gasteiger partial charge in [-0.2, -0.15) is 4.72 Å². The van der Waals surface area contributed by atoms with Crippen molar-refractivity contribution in [3.8, 4) is 0 Å². The number of ether oxygens (including phenoxy) is 1. The summed E-state index contributed by atoms with van der Waals surface area (Å²) in [7, 11) is -3.96. The highest BCUT2D eigenvalue weighted by Gasteiger charge is 2.25. The van der Waals surface area contributed by atoms with E-state index >= 15 is 0 Å². The maximum Gasteiger partial charge on any atom is 0.324 e. The molecule has 9 nitrogen and oxygen atoms in total. The number of likely N-dealkylation sites (tertiary alicyclic amines) is 1. The van der Waals surface area contributed by atoms with Gasteiger partial charge in [0.25, 0.3) is 5.91 Å². The van der Waals surface area contributed by atoms with Crippen molar-refractivity contribution in [2.24, 2.45) is 0 Å². The molecule has 1 saturated heterocycles. The average molecular weight is 397 g/mol. The Labute approximate surface area is 158 Å². The maximum atomic E-state index is 12.3. The van der Waals surface area contributed by atoms with Crippen LogP contribution in [-0.4, -0.2) is 56.8 Å². The fourth-order valence-corrected chi connectivity index (χ4v) is 3.78. The summed E-state index contributed by atoms with van der Waals surface area (Å²) in [5.41, 5.74) is 0.453. The number of esters is 1. The number of nitrogens with one attached hydrogen (secondary N) is 2. The number of hydrogen-bond donors (Lipinski definition) is 2. The summed E-state index contributed by atoms with van der Waals surface area (Å²) in [6, 6.07) is 4.34. The van der Waals surface area contributed by atoms with E-state index in [0.717, 1.165) is 12.8 Å². The quantitative estimate of drug-likeness (QED) is 0.645. The molecule has 2 N–H and O–H groups in total. The molecule has 2 rings (SSSR count). The third-order valence-corrected chi connectivity index (χ3v) is 5.52. The van der Waals surface area contributed by atoms with Gasteiger partial charge in [0.05, 0.1) is 4.90 Å². The van der Waals surface area contributed by atoms with E-state index in [9.17, 15) is 22.8 Å². The van der Waals surface area contributed by atoms with E-state index in [1.165, 1.54) is 38.1 Å². The molecule has 27 heavy (non-hydrogen) atoms. The van der Waals surface area contributed by atoms with E-state index in [0.29, 0.717) is 18.8 Å². The number of hydrogen-bond acceptors (Lipinski definition) is 6. The number of carbonyl (C=O) groups is 3. The molecule has 1 aliphatic heterocycles. The fraction of sp³-hybridized carbons (Fsp3) is 0.471. The molecule has 0 saturated carbocycles. The van der Waals surface area contributed by atoms with Gasteiger partial charge in [0.1, 0.15) is 6.04 Å². The van der Waals surface area contributed by atoms with Crippen molar-refractivity contribution in [3.63, 3.8) is 0 Å². The molecule has 0 spiro atoms. The molecule has 148 valence electrons. The van der Waals surface area contributed by atoms with Crippen molar-refractivity contribution >= 4 is 33.5 Å². The first-order chi connectivity index (χ1) is 12.7. The summed E-state index contributed by atoms with van der Waals surface area (Å²) in [5, 5.41) is 2.53. The summed E-state index contributed by atoms with van der Waals surface area (Å²) in [4.78, 5) is 36.4. The first kappa shape index (κ1) is 20.8. The van der Waals surface area contributed by atoms with Crippen LogP contribution in [0.1, 0.15) is 26.7 Å². The van der Waals surface area contributed by atoms with Gasteiger partial charge in [0, 0.05) is 25.7 Å². The second-order valence-electron chi connectivity index (χ2n) is 6.24. The Morgan fingerprint density at radius 3 is 2.30 bits per heavy atom. The third-order valence-electron chi connectivity index (χ3n) is 3.97. The smallest absolute Gasteiger partial charge is 0.324 e. The van der Waals surface area contributed by atoms with Gasteiger partial charge in [0.2, 0.25) is 15.9 Å². The fourth-order valence-electron chi connectivity index (χ4n) is 2.59. The monoisotopic (exact) mass is 397 g/mol. The number of rotatable bonds is 7. The minimum Gasteiger partial charge on any atom is -0.454 e. The zero-order chi connectivity index (χ0) is 20.0. The van der Waals surface area contributed by atoms with Crippen molar-refractivity contribution in [3.05, 3.63) is 24.3 Å². The van der Waals surface area contributed by atoms with Crippen molar-refractivity contribution in [2.45, 2.75) is 37.6 Å². The molecule has 10 heteroatoms. The largest absolute Gasteiger partial charge is 0.454 e. The Morgan fingerprint density at radius 1 is 1.15 bits per heavy atom. The molecule has 0 bridgehead atoms. The molecule has 0 aliphatic carbocycles. The lowest BCUT2D eigenvalue weighted by atomic mass is 10.3. The zero-order valence-corrected chi connectivity index (χ0v) is 16.0. The Morgan fingerprint density at radius 2 is 1.74 bits per heavy atom. The maximum absolute atomic E-state index is 12.3. The molecule has 1 aromatic carbocycles. The van der Waals surface area contributed by atoms with Crippen molar-refractivity contribution < 1.29 is 27.5 Å². The predicted molar refractivity (Wildman–Crippen MR) is 97.3 cm³/mol. The van der Waals surface area contributed by atoms with Crippen LogP contribution in [-0.2, 0) is 29.1 Å². The summed E-state index contributed by atoms with van der Waals surface area (Å²) < 4.78 is 31.8. The molecule has 0 radical (unpaired) electrons. The summed E-state index contributed by atoms with van der Waals surface area (Å²) in [6.45, 7) is 3.57. The van der Waals surface area contributed by atoms with Gasteiger partial charge in [-0.05, 0) is 44.0 Å². The molecule has 0 aromatic heterocycles. The molecule has 0 unspecified atom stereocenters. The zero-order valence-electron chi connectivity index (χ0n) is 15.2. The minimum absolute atomic E-state index is 0.0654. The van der Waals surface area contributed by atoms with Crippen LogP contribution in [0.25, 0.3) is 0 Å². The van der Waals surface area contributed by atoms with Crippen LogP contribution in [0.4, 0.5) is 5.69 Å². The topological polar surface area (TPSA) is 122 Å². The van der Waals surface area contributed by atoms with Crippen LogP contribution in [0.3, 0.4) is 0 Å². The molecule has 1 atom stereocenters. The second kappa shape index (κ2) is 8.96. The molecule has 1 aromatic rings. The van der Waals surface area contributed by atoms with Gasteiger partial charge in [-0.3, -0.25) is 14.4 Å². The standard InChI is InChI=1S/C17H23N3O6S/c1-12(17(23)26-11-16(22)20-9-3-4-10-20)19-27(24,25)15-7-5-14(6-8-15)18-13(2)21/h5-8,12,19H,3-4,9-11H2,1-2H3,(H,18,21)/t12-/m0/s1. The van der Waals surface area contributed by atoms with E-state index in [-0.39, 0.29) is 16.7 Å². The lowest BCUT2D eigenvalue weighted by molar-refractivity contribution is -0.152. The highest BCUT2D eigenvalue weighted by molar-refractivity contribution is 7.89. The molecular weight excluding hydrogens is 374 g/mol. The molecular formula is C17H23N3O6S. The lowest BCUT2D eigenvalue weighted by Crippen LogP contribution is -2.41. The van der Waals surface area contributed by atoms with E-state index in [2.05, 4.69) is 10.0 Å². The van der Waals surface area contributed by atoms with E-state index in [1.54, 1.807) is 4.90 Å². The van der Waals surface area contributed by atoms with Gasteiger partial charge in [-0.15, -0.1) is 0 Å². The number of nitrogens with zero attached hydrogens (tertiary/aromatic N) is 1. The van der Waals surface area contributed by atoms with E-state index < -0.39 is 28.6 Å². The third kappa shape index (κ3) is 6.04. The minimum atomic E-state index is -3.96. The number of benzene rings is 1. The molecule has 2 amide bonds. The van der Waals surface area contributed by atoms with Crippen molar-refractivity contribution in [1.29, 1.82) is 0 Å². The second-order valence-corrected chi connectivity index (χ2v) is 7.96. The lowest BCUT2D eigenvalue weighted by Gasteiger charge is -2.17. The van der Waals surface area contributed by atoms with Crippen molar-refractivity contribution in [2.75, 3.05) is 25.0 Å². The van der Waals surface area contributed by atoms with Crippen LogP contribution in [0.5, 0.6) is 0 Å². The first-order valence-electron chi connectivity index (χ1n) is 8.53. The molecule has 1 fully saturated rings. The molecule has 1 heterocycles. The first-order valence-corrected chi connectivity index (χ1v) is 10.0. The SMILES string of the molecule is CC(=O)Nc1ccc(S(=O)(=O)N[C@@H](C)C(=O)OCC(=O)N2CCCC2)cc1. The van der Waals surface area contributed by atoms with Gasteiger partial charge < -0.3 is 15.0 Å². The van der Waals surface area contributed by atoms with Crippen molar-refractivity contribution in [1.82, 2.24) is 9.62 Å². The van der Waals surface area contributed by atoms with E-state index in [1.807, 2.05) is 0 Å². The number of sulfonamides is 1. The Hall–Kier alpha value is -2.46. The normalized spacial score (nSPS) is 15.3. The summed E-state index contributed by atoms with van der Waals surface area (Å²) in [6.07, 6.45) is 1.85. The predicted octanol–water partition coefficient (Wildman–Crippen LogP) is 0.477. The van der Waals surface area contributed by atoms with Crippen LogP contribution in [0, 0.1) is 0 Å². The Balaban J connectivity index is 1.90. The average Bonchev–Trinajstić information content (AvgIpc) is 3.13. The number of anilines is 1. The van der Waals surface area contributed by atoms with Crippen LogP contribution < -0.4 is 10.0 Å². The highest BCUT2D eigenvalue weighted by atomic mass is 32.2. The Kier molecular flexibility index (Phi) is 6.92. The van der Waals surface area contributed by atoms with Gasteiger partial charge in [-0.1, -0.05) is 0 Å². The summed E-state index contributed by atoms with van der Waals surface area (Å²) >= 11 is 0. The van der Waals surface area contributed by atoms with E-state index in [4.69, 9.17) is 4.74 Å². The van der Waals surface area contributed by atoms with Crippen LogP contribution in [0.15, 0.2) is 29.2 Å². The molecule has 1 aliphatic rings. The number of amides is 2. The van der Waals surface area contributed by atoms with Gasteiger partial charge >= 0.3 is 5.97 Å². The van der Waals surface area contributed by atoms with Crippen LogP contribution in [0.2, 0.25) is 0 Å². The van der Waals surface area contributed by atoms with Gasteiger partial charge in [-0.25, -0.2) is 8.42 Å². The number of carbonyl (C=O) groups excluding carboxylic acids is 3. The highest BCUT2D eigenvalue weighted by Crippen LogP contribution is 2.14. The Bertz CT molecular complexity index is 800. The van der Waals surface area contributed by atoms with Crippen LogP contribution >= 0.6 is 0 Å².